The zero-order valence-corrected chi connectivity index (χ0v) is 12.8. The quantitative estimate of drug-likeness (QED) is 0.869. The molecule has 0 amide bonds. The molecule has 0 aromatic carbocycles. The minimum Gasteiger partial charge on any atom is -0.457 e. The molecule has 0 radical (unpaired) electrons. The second kappa shape index (κ2) is 6.45. The van der Waals surface area contributed by atoms with Crippen LogP contribution in [0.1, 0.15) is 37.7 Å². The second-order valence-corrected chi connectivity index (χ2v) is 5.70. The number of halogens is 1. The van der Waals surface area contributed by atoms with Crippen LogP contribution in [0.4, 0.5) is 0 Å². The third kappa shape index (κ3) is 2.99. The van der Waals surface area contributed by atoms with Crippen molar-refractivity contribution in [3.05, 3.63) is 22.0 Å². The monoisotopic (exact) mass is 329 g/mol. The number of hydrogen-bond donors (Lipinski definition) is 1. The molecule has 18 heavy (non-hydrogen) atoms. The van der Waals surface area contributed by atoms with Crippen LogP contribution in [0.2, 0.25) is 0 Å². The number of furan rings is 1. The largest absolute Gasteiger partial charge is 0.457 e. The summed E-state index contributed by atoms with van der Waals surface area (Å²) in [5.41, 5.74) is 0.962. The van der Waals surface area contributed by atoms with Gasteiger partial charge in [0.1, 0.15) is 5.01 Å². The SMILES string of the molecule is CCCNC(CC)c1nnc(-c2ccoc2Br)s1. The molecule has 0 saturated heterocycles. The van der Waals surface area contributed by atoms with E-state index in [1.807, 2.05) is 6.07 Å². The van der Waals surface area contributed by atoms with Crippen molar-refractivity contribution in [1.82, 2.24) is 15.5 Å². The Hall–Kier alpha value is -0.720. The molecular formula is C12H16BrN3OS. The van der Waals surface area contributed by atoms with Crippen molar-refractivity contribution in [1.29, 1.82) is 0 Å². The van der Waals surface area contributed by atoms with Crippen LogP contribution in [-0.4, -0.2) is 16.7 Å². The van der Waals surface area contributed by atoms with Gasteiger partial charge >= 0.3 is 0 Å². The average molecular weight is 330 g/mol. The van der Waals surface area contributed by atoms with Gasteiger partial charge in [0.15, 0.2) is 9.68 Å². The highest BCUT2D eigenvalue weighted by atomic mass is 79.9. The summed E-state index contributed by atoms with van der Waals surface area (Å²) in [7, 11) is 0. The maximum absolute atomic E-state index is 5.22. The maximum Gasteiger partial charge on any atom is 0.179 e. The van der Waals surface area contributed by atoms with Gasteiger partial charge in [-0.2, -0.15) is 0 Å². The van der Waals surface area contributed by atoms with Crippen molar-refractivity contribution in [3.63, 3.8) is 0 Å². The maximum atomic E-state index is 5.22. The Morgan fingerprint density at radius 2 is 2.28 bits per heavy atom. The molecule has 2 rings (SSSR count). The van der Waals surface area contributed by atoms with Crippen molar-refractivity contribution in [2.45, 2.75) is 32.7 Å². The molecule has 0 aliphatic carbocycles. The van der Waals surface area contributed by atoms with Gasteiger partial charge in [0.25, 0.3) is 0 Å². The van der Waals surface area contributed by atoms with Crippen molar-refractivity contribution in [3.8, 4) is 10.6 Å². The first kappa shape index (κ1) is 13.7. The minimum atomic E-state index is 0.293. The van der Waals surface area contributed by atoms with Crippen LogP contribution >= 0.6 is 27.3 Å². The van der Waals surface area contributed by atoms with Crippen LogP contribution in [0.3, 0.4) is 0 Å². The van der Waals surface area contributed by atoms with E-state index in [9.17, 15) is 0 Å². The summed E-state index contributed by atoms with van der Waals surface area (Å²) in [6.45, 7) is 5.32. The van der Waals surface area contributed by atoms with E-state index >= 15 is 0 Å². The summed E-state index contributed by atoms with van der Waals surface area (Å²) in [5, 5.41) is 13.9. The first-order valence-corrected chi connectivity index (χ1v) is 7.67. The predicted molar refractivity (Wildman–Crippen MR) is 76.6 cm³/mol. The van der Waals surface area contributed by atoms with E-state index in [0.29, 0.717) is 10.7 Å². The van der Waals surface area contributed by atoms with Gasteiger partial charge in [-0.3, -0.25) is 0 Å². The lowest BCUT2D eigenvalue weighted by Crippen LogP contribution is -2.21. The van der Waals surface area contributed by atoms with Crippen LogP contribution < -0.4 is 5.32 Å². The lowest BCUT2D eigenvalue weighted by atomic mass is 10.2. The van der Waals surface area contributed by atoms with Crippen LogP contribution in [0, 0.1) is 0 Å². The molecule has 0 fully saturated rings. The van der Waals surface area contributed by atoms with Crippen molar-refractivity contribution < 1.29 is 4.42 Å². The Bertz CT molecular complexity index is 497. The van der Waals surface area contributed by atoms with Crippen molar-refractivity contribution in [2.75, 3.05) is 6.54 Å². The van der Waals surface area contributed by atoms with Gasteiger partial charge in [-0.05, 0) is 41.4 Å². The molecule has 2 heterocycles. The summed E-state index contributed by atoms with van der Waals surface area (Å²) in [6, 6.07) is 2.19. The standard InChI is InChI=1S/C12H16BrN3OS/c1-3-6-14-9(4-2)12-16-15-11(18-12)8-5-7-17-10(8)13/h5,7,9,14H,3-4,6H2,1-2H3. The third-order valence-electron chi connectivity index (χ3n) is 2.64. The zero-order valence-electron chi connectivity index (χ0n) is 10.4. The van der Waals surface area contributed by atoms with E-state index in [4.69, 9.17) is 4.42 Å². The molecule has 2 aromatic heterocycles. The molecule has 6 heteroatoms. The molecule has 1 atom stereocenters. The zero-order chi connectivity index (χ0) is 13.0. The Balaban J connectivity index is 2.16. The third-order valence-corrected chi connectivity index (χ3v) is 4.32. The number of nitrogens with one attached hydrogen (secondary N) is 1. The topological polar surface area (TPSA) is 51.0 Å². The highest BCUT2D eigenvalue weighted by molar-refractivity contribution is 9.10. The van der Waals surface area contributed by atoms with E-state index < -0.39 is 0 Å². The summed E-state index contributed by atoms with van der Waals surface area (Å²) >= 11 is 4.98. The van der Waals surface area contributed by atoms with Gasteiger partial charge in [0.2, 0.25) is 0 Å². The fraction of sp³-hybridized carbons (Fsp3) is 0.500. The Morgan fingerprint density at radius 3 is 2.89 bits per heavy atom. The van der Waals surface area contributed by atoms with Crippen LogP contribution in [0.5, 0.6) is 0 Å². The molecule has 1 unspecified atom stereocenters. The van der Waals surface area contributed by atoms with Crippen molar-refractivity contribution >= 4 is 27.3 Å². The number of hydrogen-bond acceptors (Lipinski definition) is 5. The fourth-order valence-corrected chi connectivity index (χ4v) is 3.24. The highest BCUT2D eigenvalue weighted by Crippen LogP contribution is 2.33. The number of rotatable bonds is 6. The van der Waals surface area contributed by atoms with E-state index in [0.717, 1.165) is 35.0 Å². The van der Waals surface area contributed by atoms with Crippen LogP contribution in [0.15, 0.2) is 21.4 Å². The minimum absolute atomic E-state index is 0.293. The molecular weight excluding hydrogens is 314 g/mol. The van der Waals surface area contributed by atoms with Gasteiger partial charge in [0, 0.05) is 0 Å². The summed E-state index contributed by atoms with van der Waals surface area (Å²) < 4.78 is 5.93. The second-order valence-electron chi connectivity index (χ2n) is 3.97. The molecule has 2 aromatic rings. The van der Waals surface area contributed by atoms with E-state index in [1.165, 1.54) is 0 Å². The molecule has 0 aliphatic heterocycles. The smallest absolute Gasteiger partial charge is 0.179 e. The van der Waals surface area contributed by atoms with Crippen LogP contribution in [0.25, 0.3) is 10.6 Å². The number of aromatic nitrogens is 2. The molecule has 0 aliphatic rings. The Labute approximate surface area is 119 Å². The van der Waals surface area contributed by atoms with Crippen molar-refractivity contribution in [2.24, 2.45) is 0 Å². The Kier molecular flexibility index (Phi) is 4.91. The fourth-order valence-electron chi connectivity index (χ4n) is 1.66. The summed E-state index contributed by atoms with van der Waals surface area (Å²) in [6.07, 6.45) is 3.78. The average Bonchev–Trinajstić information content (AvgIpc) is 2.99. The Morgan fingerprint density at radius 1 is 1.44 bits per heavy atom. The molecule has 0 bridgehead atoms. The normalized spacial score (nSPS) is 12.8. The molecule has 0 spiro atoms. The van der Waals surface area contributed by atoms with Gasteiger partial charge in [-0.1, -0.05) is 25.2 Å². The van der Waals surface area contributed by atoms with Gasteiger partial charge in [0.05, 0.1) is 17.9 Å². The predicted octanol–water partition coefficient (Wildman–Crippen LogP) is 4.01. The molecule has 4 nitrogen and oxygen atoms in total. The van der Waals surface area contributed by atoms with Gasteiger partial charge in [-0.25, -0.2) is 0 Å². The lowest BCUT2D eigenvalue weighted by Gasteiger charge is -2.12. The van der Waals surface area contributed by atoms with Gasteiger partial charge in [-0.15, -0.1) is 10.2 Å². The van der Waals surface area contributed by atoms with Crippen LogP contribution in [-0.2, 0) is 0 Å². The van der Waals surface area contributed by atoms with Gasteiger partial charge < -0.3 is 9.73 Å². The van der Waals surface area contributed by atoms with E-state index in [-0.39, 0.29) is 0 Å². The van der Waals surface area contributed by atoms with E-state index in [1.54, 1.807) is 17.6 Å². The highest BCUT2D eigenvalue weighted by Gasteiger charge is 2.17. The van der Waals surface area contributed by atoms with E-state index in [2.05, 4.69) is 45.3 Å². The number of nitrogens with zero attached hydrogens (tertiary/aromatic N) is 2. The first-order valence-electron chi connectivity index (χ1n) is 6.06. The summed E-state index contributed by atoms with van der Waals surface area (Å²) in [5.74, 6) is 0. The molecule has 0 saturated carbocycles. The molecule has 98 valence electrons. The lowest BCUT2D eigenvalue weighted by molar-refractivity contribution is 0.513. The molecule has 1 N–H and O–H groups in total. The summed E-state index contributed by atoms with van der Waals surface area (Å²) in [4.78, 5) is 0. The first-order chi connectivity index (χ1) is 8.76.